The molecule has 1 amide bonds. The Labute approximate surface area is 218 Å². The number of rotatable bonds is 12. The van der Waals surface area contributed by atoms with Gasteiger partial charge in [-0.15, -0.1) is 11.3 Å². The number of aryl methyl sites for hydroxylation is 1. The number of hydrogen-bond donors (Lipinski definition) is 1. The maximum atomic E-state index is 13.5. The molecule has 0 bridgehead atoms. The number of sulfonamides is 1. The number of amides is 1. The fraction of sp³-hybridized carbons (Fsp3) is 0.292. The number of benzene rings is 2. The maximum Gasteiger partial charge on any atom is 0.254 e. The summed E-state index contributed by atoms with van der Waals surface area (Å²) in [6.07, 6.45) is 1.43. The molecular formula is C24H26ClN3O6S2. The smallest absolute Gasteiger partial charge is 0.254 e. The van der Waals surface area contributed by atoms with Crippen LogP contribution < -0.4 is 14.6 Å². The minimum Gasteiger partial charge on any atom is -0.497 e. The zero-order valence-corrected chi connectivity index (χ0v) is 22.2. The lowest BCUT2D eigenvalue weighted by atomic mass is 10.1. The van der Waals surface area contributed by atoms with Gasteiger partial charge in [-0.25, -0.2) is 18.5 Å². The zero-order valence-electron chi connectivity index (χ0n) is 19.8. The maximum absolute atomic E-state index is 13.5. The first-order chi connectivity index (χ1) is 17.1. The molecule has 3 rings (SSSR count). The Morgan fingerprint density at radius 2 is 1.72 bits per heavy atom. The molecule has 2 aromatic carbocycles. The van der Waals surface area contributed by atoms with Crippen LogP contribution in [0.4, 0.5) is 0 Å². The number of carbonyl (C=O) groups is 2. The van der Waals surface area contributed by atoms with E-state index in [1.165, 1.54) is 14.2 Å². The first-order valence-electron chi connectivity index (χ1n) is 10.8. The number of nitrogens with zero attached hydrogens (tertiary/aromatic N) is 2. The number of carbonyl (C=O) groups excluding carboxylic acids is 2. The first kappa shape index (κ1) is 27.6. The molecule has 0 aliphatic rings. The lowest BCUT2D eigenvalue weighted by Crippen LogP contribution is -2.32. The Morgan fingerprint density at radius 3 is 2.31 bits per heavy atom. The number of hydrogen-bond acceptors (Lipinski definition) is 8. The van der Waals surface area contributed by atoms with Crippen molar-refractivity contribution in [1.82, 2.24) is 9.88 Å². The summed E-state index contributed by atoms with van der Waals surface area (Å²) >= 11 is 7.18. The third-order valence-corrected chi connectivity index (χ3v) is 7.08. The van der Waals surface area contributed by atoms with Gasteiger partial charge in [-0.1, -0.05) is 41.9 Å². The molecule has 0 fully saturated rings. The van der Waals surface area contributed by atoms with Crippen LogP contribution in [0.25, 0.3) is 0 Å². The van der Waals surface area contributed by atoms with Crippen molar-refractivity contribution < 1.29 is 27.5 Å². The SMILES string of the molecule is COc1cc(OC)cc(C(=O)N(CCCc2ccccc2)Cc2nc(C(=O)CS(N)(=O)=O)c(Cl)s2)c1. The number of Topliss-reactive ketones (excluding diaryl/α,β-unsaturated/α-hetero) is 1. The summed E-state index contributed by atoms with van der Waals surface area (Å²) in [7, 11) is -1.04. The zero-order chi connectivity index (χ0) is 26.3. The predicted octanol–water partition coefficient (Wildman–Crippen LogP) is 3.56. The lowest BCUT2D eigenvalue weighted by molar-refractivity contribution is 0.0740. The highest BCUT2D eigenvalue weighted by molar-refractivity contribution is 7.89. The predicted molar refractivity (Wildman–Crippen MR) is 138 cm³/mol. The summed E-state index contributed by atoms with van der Waals surface area (Å²) in [4.78, 5) is 31.6. The Bertz CT molecular complexity index is 1310. The van der Waals surface area contributed by atoms with Gasteiger partial charge in [0.2, 0.25) is 10.0 Å². The molecule has 192 valence electrons. The van der Waals surface area contributed by atoms with Crippen LogP contribution in [-0.4, -0.2) is 56.5 Å². The minimum absolute atomic E-state index is 0.0402. The van der Waals surface area contributed by atoms with E-state index in [1.807, 2.05) is 30.3 Å². The van der Waals surface area contributed by atoms with Gasteiger partial charge in [-0.05, 0) is 30.5 Å². The second-order valence-electron chi connectivity index (χ2n) is 7.88. The molecule has 1 heterocycles. The highest BCUT2D eigenvalue weighted by Gasteiger charge is 2.24. The van der Waals surface area contributed by atoms with Crippen molar-refractivity contribution >= 4 is 44.7 Å². The molecule has 0 spiro atoms. The third kappa shape index (κ3) is 7.76. The van der Waals surface area contributed by atoms with E-state index in [0.29, 0.717) is 35.0 Å². The van der Waals surface area contributed by atoms with E-state index < -0.39 is 21.6 Å². The number of methoxy groups -OCH3 is 2. The van der Waals surface area contributed by atoms with Crippen LogP contribution in [0.5, 0.6) is 11.5 Å². The summed E-state index contributed by atoms with van der Waals surface area (Å²) in [5, 5.41) is 5.37. The molecule has 1 aromatic heterocycles. The molecule has 0 aliphatic heterocycles. The second kappa shape index (κ2) is 12.3. The molecule has 2 N–H and O–H groups in total. The number of ketones is 1. The molecule has 0 aliphatic carbocycles. The van der Waals surface area contributed by atoms with Gasteiger partial charge < -0.3 is 14.4 Å². The van der Waals surface area contributed by atoms with Crippen molar-refractivity contribution in [3.05, 3.63) is 74.7 Å². The van der Waals surface area contributed by atoms with E-state index >= 15 is 0 Å². The van der Waals surface area contributed by atoms with E-state index in [9.17, 15) is 18.0 Å². The summed E-state index contributed by atoms with van der Waals surface area (Å²) < 4.78 is 33.3. The molecule has 12 heteroatoms. The van der Waals surface area contributed by atoms with E-state index in [0.717, 1.165) is 23.3 Å². The van der Waals surface area contributed by atoms with E-state index in [-0.39, 0.29) is 22.5 Å². The normalized spacial score (nSPS) is 11.2. The highest BCUT2D eigenvalue weighted by Crippen LogP contribution is 2.28. The van der Waals surface area contributed by atoms with Gasteiger partial charge in [0.15, 0.2) is 5.78 Å². The standard InChI is InChI=1S/C24H26ClN3O6S2/c1-33-18-11-17(12-19(13-18)34-2)24(30)28(10-6-9-16-7-4-3-5-8-16)14-21-27-22(23(25)35-21)20(29)15-36(26,31)32/h3-5,7-8,11-13H,6,9-10,14-15H2,1-2H3,(H2,26,31,32). The summed E-state index contributed by atoms with van der Waals surface area (Å²) in [6, 6.07) is 14.8. The van der Waals surface area contributed by atoms with E-state index in [1.54, 1.807) is 23.1 Å². The molecule has 9 nitrogen and oxygen atoms in total. The summed E-state index contributed by atoms with van der Waals surface area (Å²) in [5.41, 5.74) is 1.32. The van der Waals surface area contributed by atoms with Crippen molar-refractivity contribution in [2.24, 2.45) is 5.14 Å². The van der Waals surface area contributed by atoms with Crippen molar-refractivity contribution in [2.45, 2.75) is 19.4 Å². The van der Waals surface area contributed by atoms with Crippen LogP contribution in [0.15, 0.2) is 48.5 Å². The summed E-state index contributed by atoms with van der Waals surface area (Å²) in [6.45, 7) is 0.463. The van der Waals surface area contributed by atoms with Crippen LogP contribution >= 0.6 is 22.9 Å². The lowest BCUT2D eigenvalue weighted by Gasteiger charge is -2.22. The van der Waals surface area contributed by atoms with Crippen LogP contribution in [0, 0.1) is 0 Å². The fourth-order valence-electron chi connectivity index (χ4n) is 3.48. The number of ether oxygens (including phenoxy) is 2. The Hall–Kier alpha value is -2.99. The van der Waals surface area contributed by atoms with Gasteiger partial charge in [0.25, 0.3) is 5.91 Å². The topological polar surface area (TPSA) is 129 Å². The molecule has 3 aromatic rings. The van der Waals surface area contributed by atoms with Crippen LogP contribution in [0.1, 0.15) is 37.8 Å². The average Bonchev–Trinajstić information content (AvgIpc) is 3.22. The van der Waals surface area contributed by atoms with Crippen molar-refractivity contribution in [2.75, 3.05) is 26.5 Å². The van der Waals surface area contributed by atoms with Gasteiger partial charge in [-0.2, -0.15) is 0 Å². The Morgan fingerprint density at radius 1 is 1.08 bits per heavy atom. The van der Waals surface area contributed by atoms with Gasteiger partial charge in [0, 0.05) is 18.2 Å². The van der Waals surface area contributed by atoms with Gasteiger partial charge in [0.1, 0.15) is 32.3 Å². The first-order valence-corrected chi connectivity index (χ1v) is 13.8. The number of halogens is 1. The largest absolute Gasteiger partial charge is 0.497 e. The minimum atomic E-state index is -4.03. The number of aromatic nitrogens is 1. The Balaban J connectivity index is 1.86. The van der Waals surface area contributed by atoms with Gasteiger partial charge in [-0.3, -0.25) is 9.59 Å². The molecular weight excluding hydrogens is 526 g/mol. The van der Waals surface area contributed by atoms with Crippen molar-refractivity contribution in [3.8, 4) is 11.5 Å². The molecule has 0 unspecified atom stereocenters. The molecule has 0 atom stereocenters. The quantitative estimate of drug-likeness (QED) is 0.341. The van der Waals surface area contributed by atoms with Crippen LogP contribution in [0.2, 0.25) is 4.34 Å². The number of nitrogens with two attached hydrogens (primary N) is 1. The second-order valence-corrected chi connectivity index (χ2v) is 11.2. The monoisotopic (exact) mass is 551 g/mol. The Kier molecular flexibility index (Phi) is 9.43. The van der Waals surface area contributed by atoms with Crippen molar-refractivity contribution in [1.29, 1.82) is 0 Å². The van der Waals surface area contributed by atoms with Gasteiger partial charge in [0.05, 0.1) is 20.8 Å². The van der Waals surface area contributed by atoms with E-state index in [4.69, 9.17) is 26.2 Å². The molecule has 0 radical (unpaired) electrons. The van der Waals surface area contributed by atoms with Crippen LogP contribution in [-0.2, 0) is 23.0 Å². The van der Waals surface area contributed by atoms with Gasteiger partial charge >= 0.3 is 0 Å². The summed E-state index contributed by atoms with van der Waals surface area (Å²) in [5.74, 6) is -1.06. The average molecular weight is 552 g/mol. The highest BCUT2D eigenvalue weighted by atomic mass is 35.5. The third-order valence-electron chi connectivity index (χ3n) is 5.17. The van der Waals surface area contributed by atoms with Crippen molar-refractivity contribution in [3.63, 3.8) is 0 Å². The fourth-order valence-corrected chi connectivity index (χ4v) is 5.22. The number of primary sulfonamides is 1. The molecule has 0 saturated heterocycles. The molecule has 0 saturated carbocycles. The van der Waals surface area contributed by atoms with Crippen LogP contribution in [0.3, 0.4) is 0 Å². The van der Waals surface area contributed by atoms with E-state index in [2.05, 4.69) is 4.98 Å². The number of thiazole rings is 1. The molecule has 36 heavy (non-hydrogen) atoms.